The first-order chi connectivity index (χ1) is 10.1. The minimum atomic E-state index is -0.146. The fourth-order valence-electron chi connectivity index (χ4n) is 1.94. The summed E-state index contributed by atoms with van der Waals surface area (Å²) in [6.07, 6.45) is 0.672. The van der Waals surface area contributed by atoms with Gasteiger partial charge in [0.1, 0.15) is 5.82 Å². The van der Waals surface area contributed by atoms with Crippen LogP contribution in [0.5, 0.6) is 0 Å². The lowest BCUT2D eigenvalue weighted by Gasteiger charge is -2.16. The summed E-state index contributed by atoms with van der Waals surface area (Å²) in [5, 5.41) is 3.27. The molecule has 0 aromatic heterocycles. The Labute approximate surface area is 146 Å². The van der Waals surface area contributed by atoms with Crippen LogP contribution in [0.25, 0.3) is 0 Å². The summed E-state index contributed by atoms with van der Waals surface area (Å²) in [5.74, 6) is 0.747. The smallest absolute Gasteiger partial charge is 0.126 e. The molecule has 0 aliphatic carbocycles. The molecule has 0 aliphatic heterocycles. The lowest BCUT2D eigenvalue weighted by molar-refractivity contribution is 0.568. The van der Waals surface area contributed by atoms with Gasteiger partial charge >= 0.3 is 0 Å². The quantitative estimate of drug-likeness (QED) is 0.623. The molecule has 21 heavy (non-hydrogen) atoms. The van der Waals surface area contributed by atoms with Crippen molar-refractivity contribution in [3.63, 3.8) is 0 Å². The molecule has 2 aromatic carbocycles. The molecule has 112 valence electrons. The summed E-state index contributed by atoms with van der Waals surface area (Å²) in [4.78, 5) is 1.22. The molecule has 1 unspecified atom stereocenters. The van der Waals surface area contributed by atoms with Crippen LogP contribution in [0.15, 0.2) is 56.3 Å². The average Bonchev–Trinajstić information content (AvgIpc) is 2.48. The third-order valence-corrected chi connectivity index (χ3v) is 5.34. The van der Waals surface area contributed by atoms with Crippen molar-refractivity contribution in [2.45, 2.75) is 17.4 Å². The van der Waals surface area contributed by atoms with Gasteiger partial charge in [0, 0.05) is 25.6 Å². The molecule has 0 radical (unpaired) electrons. The predicted octanol–water partition coefficient (Wildman–Crippen LogP) is 5.27. The van der Waals surface area contributed by atoms with Crippen molar-refractivity contribution in [2.75, 3.05) is 12.8 Å². The van der Waals surface area contributed by atoms with Crippen LogP contribution in [0.2, 0.25) is 0 Å². The topological polar surface area (TPSA) is 12.0 Å². The zero-order chi connectivity index (χ0) is 15.2. The zero-order valence-corrected chi connectivity index (χ0v) is 15.6. The monoisotopic (exact) mass is 431 g/mol. The maximum absolute atomic E-state index is 13.8. The molecule has 0 fully saturated rings. The predicted molar refractivity (Wildman–Crippen MR) is 95.5 cm³/mol. The fraction of sp³-hybridized carbons (Fsp3) is 0.250. The van der Waals surface area contributed by atoms with E-state index in [2.05, 4.69) is 49.3 Å². The molecule has 0 amide bonds. The van der Waals surface area contributed by atoms with Gasteiger partial charge in [-0.3, -0.25) is 0 Å². The number of benzene rings is 2. The largest absolute Gasteiger partial charge is 0.316 e. The number of nitrogens with one attached hydrogen (secondary N) is 1. The Bertz CT molecular complexity index is 589. The zero-order valence-electron chi connectivity index (χ0n) is 11.6. The van der Waals surface area contributed by atoms with Crippen molar-refractivity contribution in [1.29, 1.82) is 0 Å². The third-order valence-electron chi connectivity index (χ3n) is 3.15. The fourth-order valence-corrected chi connectivity index (χ4v) is 3.62. The number of halogens is 3. The summed E-state index contributed by atoms with van der Waals surface area (Å²) in [7, 11) is 1.92. The van der Waals surface area contributed by atoms with Crippen molar-refractivity contribution in [3.8, 4) is 0 Å². The van der Waals surface area contributed by atoms with Crippen LogP contribution in [0.1, 0.15) is 5.56 Å². The molecule has 0 bridgehead atoms. The van der Waals surface area contributed by atoms with Crippen LogP contribution >= 0.6 is 43.6 Å². The van der Waals surface area contributed by atoms with Crippen LogP contribution in [-0.2, 0) is 6.42 Å². The highest BCUT2D eigenvalue weighted by Gasteiger charge is 2.12. The number of rotatable bonds is 6. The van der Waals surface area contributed by atoms with Crippen LogP contribution in [-0.4, -0.2) is 18.8 Å². The van der Waals surface area contributed by atoms with Crippen molar-refractivity contribution in [1.82, 2.24) is 5.32 Å². The normalized spacial score (nSPS) is 12.4. The highest BCUT2D eigenvalue weighted by molar-refractivity contribution is 9.10. The van der Waals surface area contributed by atoms with E-state index in [1.807, 2.05) is 25.2 Å². The average molecular weight is 433 g/mol. The molecule has 1 atom stereocenters. The lowest BCUT2D eigenvalue weighted by atomic mass is 10.1. The molecular formula is C16H16Br2FNS. The Kier molecular flexibility index (Phi) is 6.74. The van der Waals surface area contributed by atoms with Crippen LogP contribution in [0.3, 0.4) is 0 Å². The number of hydrogen-bond acceptors (Lipinski definition) is 2. The highest BCUT2D eigenvalue weighted by atomic mass is 79.9. The molecule has 0 aliphatic rings. The first-order valence-corrected chi connectivity index (χ1v) is 9.15. The van der Waals surface area contributed by atoms with E-state index in [0.717, 1.165) is 20.3 Å². The van der Waals surface area contributed by atoms with Gasteiger partial charge < -0.3 is 5.32 Å². The molecular weight excluding hydrogens is 417 g/mol. The molecule has 5 heteroatoms. The second-order valence-corrected chi connectivity index (χ2v) is 7.62. The lowest BCUT2D eigenvalue weighted by Crippen LogP contribution is -2.30. The summed E-state index contributed by atoms with van der Waals surface area (Å²) in [6.45, 7) is 0. The SMILES string of the molecule is CNC(CSc1ccc(Br)cc1)Cc1cc(Br)ccc1F. The Morgan fingerprint density at radius 3 is 2.43 bits per heavy atom. The van der Waals surface area contributed by atoms with Gasteiger partial charge in [-0.1, -0.05) is 31.9 Å². The standard InChI is InChI=1S/C16H16Br2FNS/c1-20-14(9-11-8-13(18)4-7-16(11)19)10-21-15-5-2-12(17)3-6-15/h2-8,14,20H,9-10H2,1H3. The van der Waals surface area contributed by atoms with E-state index in [0.29, 0.717) is 6.42 Å². The highest BCUT2D eigenvalue weighted by Crippen LogP contribution is 2.23. The Balaban J connectivity index is 1.96. The first kappa shape index (κ1) is 17.0. The van der Waals surface area contributed by atoms with Crippen molar-refractivity contribution >= 4 is 43.6 Å². The van der Waals surface area contributed by atoms with E-state index in [4.69, 9.17) is 0 Å². The Morgan fingerprint density at radius 1 is 1.10 bits per heavy atom. The van der Waals surface area contributed by atoms with Gasteiger partial charge in [-0.15, -0.1) is 11.8 Å². The van der Waals surface area contributed by atoms with Crippen molar-refractivity contribution < 1.29 is 4.39 Å². The second-order valence-electron chi connectivity index (χ2n) is 4.69. The summed E-state index contributed by atoms with van der Waals surface area (Å²) in [5.41, 5.74) is 0.736. The van der Waals surface area contributed by atoms with Gasteiger partial charge in [-0.05, 0) is 61.5 Å². The summed E-state index contributed by atoms with van der Waals surface area (Å²) in [6, 6.07) is 13.5. The Hall–Kier alpha value is -0.360. The van der Waals surface area contributed by atoms with E-state index in [9.17, 15) is 4.39 Å². The van der Waals surface area contributed by atoms with E-state index < -0.39 is 0 Å². The van der Waals surface area contributed by atoms with E-state index >= 15 is 0 Å². The molecule has 0 heterocycles. The summed E-state index contributed by atoms with van der Waals surface area (Å²) < 4.78 is 15.8. The maximum Gasteiger partial charge on any atom is 0.126 e. The van der Waals surface area contributed by atoms with Crippen molar-refractivity contribution in [3.05, 3.63) is 62.8 Å². The molecule has 1 nitrogen and oxygen atoms in total. The number of hydrogen-bond donors (Lipinski definition) is 1. The molecule has 0 saturated carbocycles. The minimum Gasteiger partial charge on any atom is -0.316 e. The van der Waals surface area contributed by atoms with E-state index in [-0.39, 0.29) is 11.9 Å². The molecule has 2 aromatic rings. The minimum absolute atomic E-state index is 0.146. The van der Waals surface area contributed by atoms with Gasteiger partial charge in [0.15, 0.2) is 0 Å². The number of likely N-dealkylation sites (N-methyl/N-ethyl adjacent to an activating group) is 1. The van der Waals surface area contributed by atoms with Crippen LogP contribution < -0.4 is 5.32 Å². The molecule has 1 N–H and O–H groups in total. The van der Waals surface area contributed by atoms with Gasteiger partial charge in [-0.2, -0.15) is 0 Å². The third kappa shape index (κ3) is 5.40. The number of thioether (sulfide) groups is 1. The van der Waals surface area contributed by atoms with Gasteiger partial charge in [0.2, 0.25) is 0 Å². The second kappa shape index (κ2) is 8.32. The van der Waals surface area contributed by atoms with Crippen LogP contribution in [0, 0.1) is 5.82 Å². The van der Waals surface area contributed by atoms with Gasteiger partial charge in [0.05, 0.1) is 0 Å². The van der Waals surface area contributed by atoms with E-state index in [1.54, 1.807) is 17.8 Å². The van der Waals surface area contributed by atoms with Gasteiger partial charge in [0.25, 0.3) is 0 Å². The van der Waals surface area contributed by atoms with E-state index in [1.165, 1.54) is 11.0 Å². The molecule has 2 rings (SSSR count). The van der Waals surface area contributed by atoms with Crippen LogP contribution in [0.4, 0.5) is 4.39 Å². The first-order valence-electron chi connectivity index (χ1n) is 6.58. The maximum atomic E-state index is 13.8. The summed E-state index contributed by atoms with van der Waals surface area (Å²) >= 11 is 8.60. The molecule has 0 saturated heterocycles. The molecule has 0 spiro atoms. The van der Waals surface area contributed by atoms with Crippen molar-refractivity contribution in [2.24, 2.45) is 0 Å². The van der Waals surface area contributed by atoms with Gasteiger partial charge in [-0.25, -0.2) is 4.39 Å². The Morgan fingerprint density at radius 2 is 1.76 bits per heavy atom.